The fourth-order valence-corrected chi connectivity index (χ4v) is 4.77. The summed E-state index contributed by atoms with van der Waals surface area (Å²) in [6.07, 6.45) is 3.71. The van der Waals surface area contributed by atoms with Gasteiger partial charge in [0, 0.05) is 12.0 Å². The highest BCUT2D eigenvalue weighted by atomic mass is 16.5. The molecule has 2 aliphatic carbocycles. The van der Waals surface area contributed by atoms with E-state index in [9.17, 15) is 19.5 Å². The van der Waals surface area contributed by atoms with Gasteiger partial charge in [-0.3, -0.25) is 9.59 Å². The van der Waals surface area contributed by atoms with Crippen LogP contribution in [0.3, 0.4) is 0 Å². The van der Waals surface area contributed by atoms with E-state index in [1.807, 2.05) is 56.3 Å². The highest BCUT2D eigenvalue weighted by molar-refractivity contribution is 5.86. The zero-order valence-corrected chi connectivity index (χ0v) is 19.4. The molecule has 2 aromatic carbocycles. The predicted octanol–water partition coefficient (Wildman–Crippen LogP) is 4.09. The van der Waals surface area contributed by atoms with Gasteiger partial charge < -0.3 is 20.5 Å². The summed E-state index contributed by atoms with van der Waals surface area (Å²) in [6.45, 7) is 3.84. The van der Waals surface area contributed by atoms with Crippen LogP contribution in [0, 0.1) is 11.8 Å². The van der Waals surface area contributed by atoms with Crippen molar-refractivity contribution in [1.82, 2.24) is 10.6 Å². The molecular formula is C27H30N2O5. The second kappa shape index (κ2) is 10.1. The van der Waals surface area contributed by atoms with Gasteiger partial charge in [-0.2, -0.15) is 0 Å². The van der Waals surface area contributed by atoms with E-state index in [1.165, 1.54) is 0 Å². The van der Waals surface area contributed by atoms with Crippen molar-refractivity contribution < 1.29 is 24.2 Å². The number of rotatable bonds is 7. The zero-order valence-electron chi connectivity index (χ0n) is 19.4. The zero-order chi connectivity index (χ0) is 24.2. The van der Waals surface area contributed by atoms with Crippen molar-refractivity contribution in [1.29, 1.82) is 0 Å². The van der Waals surface area contributed by atoms with Crippen LogP contribution in [0.15, 0.2) is 60.7 Å². The Bertz CT molecular complexity index is 1060. The van der Waals surface area contributed by atoms with E-state index in [2.05, 4.69) is 22.8 Å². The van der Waals surface area contributed by atoms with Crippen molar-refractivity contribution >= 4 is 18.0 Å². The number of carboxylic acids is 1. The molecule has 0 radical (unpaired) electrons. The Balaban J connectivity index is 1.37. The van der Waals surface area contributed by atoms with Gasteiger partial charge in [0.05, 0.1) is 5.92 Å². The number of carbonyl (C=O) groups excluding carboxylic acids is 2. The second-order valence-electron chi connectivity index (χ2n) is 9.24. The van der Waals surface area contributed by atoms with Crippen LogP contribution in [0.4, 0.5) is 4.79 Å². The molecule has 2 aromatic rings. The summed E-state index contributed by atoms with van der Waals surface area (Å²) in [6, 6.07) is 15.0. The first kappa shape index (κ1) is 23.5. The lowest BCUT2D eigenvalue weighted by molar-refractivity contribution is -0.142. The van der Waals surface area contributed by atoms with Crippen molar-refractivity contribution in [3.8, 4) is 11.1 Å². The largest absolute Gasteiger partial charge is 0.481 e. The Hall–Kier alpha value is -3.61. The number of nitrogens with one attached hydrogen (secondary N) is 2. The molecule has 7 nitrogen and oxygen atoms in total. The summed E-state index contributed by atoms with van der Waals surface area (Å²) in [7, 11) is 0. The summed E-state index contributed by atoms with van der Waals surface area (Å²) in [5.74, 6) is -2.00. The summed E-state index contributed by atoms with van der Waals surface area (Å²) in [4.78, 5) is 36.8. The van der Waals surface area contributed by atoms with Crippen LogP contribution >= 0.6 is 0 Å². The summed E-state index contributed by atoms with van der Waals surface area (Å²) >= 11 is 0. The minimum absolute atomic E-state index is 0.0650. The molecule has 178 valence electrons. The molecule has 4 rings (SSSR count). The molecule has 2 aliphatic rings. The molecule has 0 saturated carbocycles. The molecular weight excluding hydrogens is 432 g/mol. The molecule has 0 spiro atoms. The monoisotopic (exact) mass is 462 g/mol. The maximum atomic E-state index is 12.9. The molecule has 7 heteroatoms. The fourth-order valence-electron chi connectivity index (χ4n) is 4.77. The number of aliphatic carboxylic acids is 1. The molecule has 3 N–H and O–H groups in total. The normalized spacial score (nSPS) is 19.7. The fraction of sp³-hybridized carbons (Fsp3) is 0.370. The smallest absolute Gasteiger partial charge is 0.407 e. The topological polar surface area (TPSA) is 105 Å². The van der Waals surface area contributed by atoms with Crippen LogP contribution in [0.1, 0.15) is 43.7 Å². The highest BCUT2D eigenvalue weighted by Gasteiger charge is 2.31. The summed E-state index contributed by atoms with van der Waals surface area (Å²) in [5, 5.41) is 14.8. The van der Waals surface area contributed by atoms with Gasteiger partial charge in [-0.15, -0.1) is 0 Å². The summed E-state index contributed by atoms with van der Waals surface area (Å²) < 4.78 is 5.59. The number of carboxylic acid groups (broad SMARTS) is 1. The van der Waals surface area contributed by atoms with Gasteiger partial charge in [0.25, 0.3) is 0 Å². The Morgan fingerprint density at radius 1 is 1.03 bits per heavy atom. The number of hydrogen-bond donors (Lipinski definition) is 3. The number of amides is 2. The summed E-state index contributed by atoms with van der Waals surface area (Å²) in [5.41, 5.74) is 4.52. The first-order valence-corrected chi connectivity index (χ1v) is 11.7. The minimum atomic E-state index is -0.874. The molecule has 0 aromatic heterocycles. The van der Waals surface area contributed by atoms with Crippen LogP contribution in [-0.2, 0) is 14.3 Å². The maximum absolute atomic E-state index is 12.9. The van der Waals surface area contributed by atoms with Gasteiger partial charge in [0.2, 0.25) is 5.91 Å². The van der Waals surface area contributed by atoms with Crippen molar-refractivity contribution in [2.24, 2.45) is 11.8 Å². The standard InChI is InChI=1S/C27H30N2O5/c1-16(2)24(25(30)28-18-9-7-8-17(14-18)26(31)32)29-27(33)34-15-23-21-12-5-3-10-19(21)20-11-4-6-13-22(20)23/h3-7,9-13,16-18,23-24H,8,14-15H2,1-2H3,(H,28,30)(H,29,33)(H,31,32)/t17-,18-,24-/m0/s1. The number of ether oxygens (including phenoxy) is 1. The number of alkyl carbamates (subject to hydrolysis) is 1. The van der Waals surface area contributed by atoms with Crippen molar-refractivity contribution in [2.45, 2.75) is 44.7 Å². The number of hydrogen-bond acceptors (Lipinski definition) is 4. The second-order valence-corrected chi connectivity index (χ2v) is 9.24. The molecule has 0 unspecified atom stereocenters. The Morgan fingerprint density at radius 2 is 1.65 bits per heavy atom. The predicted molar refractivity (Wildman–Crippen MR) is 128 cm³/mol. The third-order valence-electron chi connectivity index (χ3n) is 6.57. The maximum Gasteiger partial charge on any atom is 0.407 e. The third-order valence-corrected chi connectivity index (χ3v) is 6.57. The van der Waals surface area contributed by atoms with E-state index in [0.717, 1.165) is 22.3 Å². The molecule has 2 amide bonds. The first-order valence-electron chi connectivity index (χ1n) is 11.7. The Morgan fingerprint density at radius 3 is 2.24 bits per heavy atom. The molecule has 0 bridgehead atoms. The minimum Gasteiger partial charge on any atom is -0.481 e. The van der Waals surface area contributed by atoms with Gasteiger partial charge in [-0.1, -0.05) is 74.5 Å². The molecule has 0 heterocycles. The first-order chi connectivity index (χ1) is 16.3. The lowest BCUT2D eigenvalue weighted by Crippen LogP contribution is -2.52. The van der Waals surface area contributed by atoms with E-state index in [0.29, 0.717) is 12.8 Å². The average molecular weight is 463 g/mol. The van der Waals surface area contributed by atoms with Crippen LogP contribution in [0.2, 0.25) is 0 Å². The molecule has 0 aliphatic heterocycles. The Kier molecular flexibility index (Phi) is 7.01. The van der Waals surface area contributed by atoms with Crippen molar-refractivity contribution in [3.05, 3.63) is 71.8 Å². The SMILES string of the molecule is CC(C)[C@H](NC(=O)OCC1c2ccccc2-c2ccccc21)C(=O)N[C@H]1C=CC[C@H](C(=O)O)C1. The number of fused-ring (bicyclic) bond motifs is 3. The van der Waals surface area contributed by atoms with E-state index in [1.54, 1.807) is 6.08 Å². The number of carbonyl (C=O) groups is 3. The van der Waals surface area contributed by atoms with Crippen LogP contribution in [-0.4, -0.2) is 41.8 Å². The molecule has 3 atom stereocenters. The van der Waals surface area contributed by atoms with Crippen molar-refractivity contribution in [3.63, 3.8) is 0 Å². The van der Waals surface area contributed by atoms with Gasteiger partial charge in [0.15, 0.2) is 0 Å². The van der Waals surface area contributed by atoms with Gasteiger partial charge in [-0.25, -0.2) is 4.79 Å². The van der Waals surface area contributed by atoms with E-state index >= 15 is 0 Å². The average Bonchev–Trinajstić information content (AvgIpc) is 3.15. The molecule has 0 saturated heterocycles. The highest BCUT2D eigenvalue weighted by Crippen LogP contribution is 2.44. The lowest BCUT2D eigenvalue weighted by Gasteiger charge is -2.27. The van der Waals surface area contributed by atoms with Crippen molar-refractivity contribution in [2.75, 3.05) is 6.61 Å². The number of benzene rings is 2. The van der Waals surface area contributed by atoms with Crippen LogP contribution in [0.25, 0.3) is 11.1 Å². The van der Waals surface area contributed by atoms with E-state index in [4.69, 9.17) is 4.74 Å². The molecule has 0 fully saturated rings. The van der Waals surface area contributed by atoms with Gasteiger partial charge in [-0.05, 0) is 41.0 Å². The van der Waals surface area contributed by atoms with E-state index in [-0.39, 0.29) is 30.4 Å². The lowest BCUT2D eigenvalue weighted by atomic mass is 9.90. The molecule has 34 heavy (non-hydrogen) atoms. The van der Waals surface area contributed by atoms with Crippen LogP contribution < -0.4 is 10.6 Å². The van der Waals surface area contributed by atoms with Gasteiger partial charge in [0.1, 0.15) is 12.6 Å². The van der Waals surface area contributed by atoms with Crippen LogP contribution in [0.5, 0.6) is 0 Å². The third kappa shape index (κ3) is 4.98. The van der Waals surface area contributed by atoms with E-state index < -0.39 is 24.0 Å². The Labute approximate surface area is 199 Å². The quantitative estimate of drug-likeness (QED) is 0.538. The number of allylic oxidation sites excluding steroid dienone is 1. The van der Waals surface area contributed by atoms with Gasteiger partial charge >= 0.3 is 12.1 Å².